The van der Waals surface area contributed by atoms with Crippen LogP contribution < -0.4 is 0 Å². The van der Waals surface area contributed by atoms with Gasteiger partial charge in [-0.3, -0.25) is 0 Å². The highest BCUT2D eigenvalue weighted by molar-refractivity contribution is 4.37. The zero-order chi connectivity index (χ0) is 12.6. The topological polar surface area (TPSA) is 36.9 Å². The number of rotatable bonds is 10. The van der Waals surface area contributed by atoms with Crippen LogP contribution in [0.5, 0.6) is 0 Å². The van der Waals surface area contributed by atoms with Crippen LogP contribution >= 0.6 is 0 Å². The predicted molar refractivity (Wildman–Crippen MR) is 67.5 cm³/mol. The third kappa shape index (κ3) is 15.8. The molecule has 0 unspecified atom stereocenters. The monoisotopic (exact) mass is 248 g/mol. The van der Waals surface area contributed by atoms with Gasteiger partial charge in [0.15, 0.2) is 0 Å². The molecule has 0 spiro atoms. The summed E-state index contributed by atoms with van der Waals surface area (Å²) in [7, 11) is 0. The van der Waals surface area contributed by atoms with Gasteiger partial charge in [0.1, 0.15) is 13.2 Å². The van der Waals surface area contributed by atoms with Gasteiger partial charge in [-0.25, -0.2) is 19.6 Å². The average molecular weight is 248 g/mol. The maximum atomic E-state index is 5.03. The Hall–Kier alpha value is -0.160. The van der Waals surface area contributed by atoms with Crippen molar-refractivity contribution in [3.05, 3.63) is 0 Å². The van der Waals surface area contributed by atoms with Crippen LogP contribution in [0.15, 0.2) is 0 Å². The van der Waals surface area contributed by atoms with Crippen LogP contribution in [-0.2, 0) is 19.6 Å². The van der Waals surface area contributed by atoms with E-state index in [1.165, 1.54) is 32.1 Å². The van der Waals surface area contributed by atoms with Gasteiger partial charge in [0.2, 0.25) is 0 Å². The van der Waals surface area contributed by atoms with Gasteiger partial charge in [0, 0.05) is 0 Å². The molecule has 1 rings (SSSR count). The molecule has 4 nitrogen and oxygen atoms in total. The van der Waals surface area contributed by atoms with Crippen LogP contribution in [0.25, 0.3) is 0 Å². The van der Waals surface area contributed by atoms with Crippen molar-refractivity contribution in [3.63, 3.8) is 0 Å². The van der Waals surface area contributed by atoms with Crippen molar-refractivity contribution in [1.82, 2.24) is 0 Å². The van der Waals surface area contributed by atoms with E-state index in [0.29, 0.717) is 0 Å². The molecule has 0 amide bonds. The molecule has 1 aliphatic rings. The fourth-order valence-corrected chi connectivity index (χ4v) is 1.20. The number of unbranched alkanes of at least 4 members (excludes halogenated alkanes) is 5. The Morgan fingerprint density at radius 1 is 0.706 bits per heavy atom. The molecule has 0 aliphatic carbocycles. The highest BCUT2D eigenvalue weighted by atomic mass is 17.2. The van der Waals surface area contributed by atoms with Gasteiger partial charge in [0.25, 0.3) is 0 Å². The summed E-state index contributed by atoms with van der Waals surface area (Å²) < 4.78 is 0. The Balaban J connectivity index is 0.000000529. The molecular weight excluding hydrogens is 220 g/mol. The van der Waals surface area contributed by atoms with Crippen molar-refractivity contribution in [1.29, 1.82) is 0 Å². The minimum Gasteiger partial charge on any atom is -0.237 e. The van der Waals surface area contributed by atoms with E-state index >= 15 is 0 Å². The standard InChI is InChI=1S/C11H24O2.C2H4O2/c1-3-5-7-9-11-13-12-10-8-6-4-2;1-2-4-3-1/h3-11H2,1-2H3;1-2H2. The second kappa shape index (κ2) is 15.8. The van der Waals surface area contributed by atoms with Crippen LogP contribution in [0.4, 0.5) is 0 Å². The number of hydrogen-bond acceptors (Lipinski definition) is 4. The first-order valence-corrected chi connectivity index (χ1v) is 6.90. The van der Waals surface area contributed by atoms with Crippen LogP contribution in [0.2, 0.25) is 0 Å². The molecule has 1 aliphatic heterocycles. The minimum atomic E-state index is 0.752. The summed E-state index contributed by atoms with van der Waals surface area (Å²) in [6.45, 7) is 7.46. The molecule has 0 radical (unpaired) electrons. The Kier molecular flexibility index (Phi) is 15.7. The molecule has 0 aromatic heterocycles. The van der Waals surface area contributed by atoms with Crippen molar-refractivity contribution in [2.45, 2.75) is 58.8 Å². The average Bonchev–Trinajstić information content (AvgIpc) is 2.25. The molecule has 4 heteroatoms. The Bertz CT molecular complexity index is 113. The second-order valence-corrected chi connectivity index (χ2v) is 4.06. The van der Waals surface area contributed by atoms with Crippen molar-refractivity contribution >= 4 is 0 Å². The van der Waals surface area contributed by atoms with E-state index < -0.39 is 0 Å². The lowest BCUT2D eigenvalue weighted by molar-refractivity contribution is -0.382. The fraction of sp³-hybridized carbons (Fsp3) is 1.00. The quantitative estimate of drug-likeness (QED) is 0.336. The van der Waals surface area contributed by atoms with E-state index in [1.807, 2.05) is 0 Å². The maximum absolute atomic E-state index is 5.03. The molecule has 1 heterocycles. The maximum Gasteiger partial charge on any atom is 0.109 e. The first-order valence-electron chi connectivity index (χ1n) is 6.90. The molecule has 1 saturated heterocycles. The second-order valence-electron chi connectivity index (χ2n) is 4.06. The van der Waals surface area contributed by atoms with E-state index in [4.69, 9.17) is 9.78 Å². The molecule has 0 aromatic carbocycles. The van der Waals surface area contributed by atoms with Crippen molar-refractivity contribution in [3.8, 4) is 0 Å². The van der Waals surface area contributed by atoms with Gasteiger partial charge in [0.05, 0.1) is 13.2 Å². The smallest absolute Gasteiger partial charge is 0.109 e. The molecule has 0 atom stereocenters. The summed E-state index contributed by atoms with van der Waals surface area (Å²) in [4.78, 5) is 18.5. The van der Waals surface area contributed by atoms with Crippen LogP contribution in [0, 0.1) is 0 Å². The largest absolute Gasteiger partial charge is 0.237 e. The molecule has 1 fully saturated rings. The SMILES string of the molecule is C1COO1.CCCCCCOOCCCCC. The molecule has 0 bridgehead atoms. The lowest BCUT2D eigenvalue weighted by Crippen LogP contribution is -2.14. The fourth-order valence-electron chi connectivity index (χ4n) is 1.20. The summed E-state index contributed by atoms with van der Waals surface area (Å²) in [6.07, 6.45) is 8.55. The van der Waals surface area contributed by atoms with E-state index in [1.54, 1.807) is 0 Å². The summed E-state index contributed by atoms with van der Waals surface area (Å²) >= 11 is 0. The van der Waals surface area contributed by atoms with Gasteiger partial charge >= 0.3 is 0 Å². The highest BCUT2D eigenvalue weighted by Crippen LogP contribution is 2.00. The summed E-state index contributed by atoms with van der Waals surface area (Å²) in [5, 5.41) is 0. The normalized spacial score (nSPS) is 13.8. The van der Waals surface area contributed by atoms with Crippen LogP contribution in [0.3, 0.4) is 0 Å². The van der Waals surface area contributed by atoms with Gasteiger partial charge in [-0.1, -0.05) is 46.0 Å². The lowest BCUT2D eigenvalue weighted by atomic mass is 10.2. The van der Waals surface area contributed by atoms with E-state index in [0.717, 1.165) is 39.3 Å². The molecule has 104 valence electrons. The molecule has 0 aromatic rings. The summed E-state index contributed by atoms with van der Waals surface area (Å²) in [5.74, 6) is 0. The first kappa shape index (κ1) is 16.8. The van der Waals surface area contributed by atoms with Crippen molar-refractivity contribution < 1.29 is 19.6 Å². The molecular formula is C13H28O4. The Morgan fingerprint density at radius 3 is 1.53 bits per heavy atom. The molecule has 17 heavy (non-hydrogen) atoms. The van der Waals surface area contributed by atoms with E-state index in [-0.39, 0.29) is 0 Å². The predicted octanol–water partition coefficient (Wildman–Crippen LogP) is 3.65. The van der Waals surface area contributed by atoms with Gasteiger partial charge in [-0.05, 0) is 12.8 Å². The Morgan fingerprint density at radius 2 is 1.12 bits per heavy atom. The first-order chi connectivity index (χ1) is 8.41. The lowest BCUT2D eigenvalue weighted by Gasteiger charge is -2.08. The third-order valence-electron chi connectivity index (χ3n) is 2.33. The van der Waals surface area contributed by atoms with Crippen molar-refractivity contribution in [2.75, 3.05) is 26.4 Å². The van der Waals surface area contributed by atoms with E-state index in [9.17, 15) is 0 Å². The zero-order valence-corrected chi connectivity index (χ0v) is 11.4. The van der Waals surface area contributed by atoms with Gasteiger partial charge < -0.3 is 0 Å². The zero-order valence-electron chi connectivity index (χ0n) is 11.4. The third-order valence-corrected chi connectivity index (χ3v) is 2.33. The molecule has 0 saturated carbocycles. The number of hydrogen-bond donors (Lipinski definition) is 0. The minimum absolute atomic E-state index is 0.752. The summed E-state index contributed by atoms with van der Waals surface area (Å²) in [5.41, 5.74) is 0. The van der Waals surface area contributed by atoms with Crippen LogP contribution in [0.1, 0.15) is 58.8 Å². The van der Waals surface area contributed by atoms with Crippen molar-refractivity contribution in [2.24, 2.45) is 0 Å². The van der Waals surface area contributed by atoms with E-state index in [2.05, 4.69) is 23.6 Å². The Labute approximate surface area is 105 Å². The highest BCUT2D eigenvalue weighted by Gasteiger charge is 1.95. The summed E-state index contributed by atoms with van der Waals surface area (Å²) in [6, 6.07) is 0. The molecule has 0 N–H and O–H groups in total. The van der Waals surface area contributed by atoms with Crippen LogP contribution in [-0.4, -0.2) is 26.4 Å². The van der Waals surface area contributed by atoms with Gasteiger partial charge in [-0.15, -0.1) is 0 Å². The van der Waals surface area contributed by atoms with Gasteiger partial charge in [-0.2, -0.15) is 0 Å².